The summed E-state index contributed by atoms with van der Waals surface area (Å²) in [5.41, 5.74) is 5.36. The van der Waals surface area contributed by atoms with Crippen LogP contribution < -0.4 is 10.6 Å². The van der Waals surface area contributed by atoms with Crippen LogP contribution in [0.1, 0.15) is 35.9 Å². The van der Waals surface area contributed by atoms with Gasteiger partial charge in [0, 0.05) is 29.8 Å². The molecule has 3 aromatic rings. The Morgan fingerprint density at radius 3 is 2.32 bits per heavy atom. The molecule has 3 aromatic carbocycles. The largest absolute Gasteiger partial charge is 0.372 e. The molecule has 2 aliphatic rings. The summed E-state index contributed by atoms with van der Waals surface area (Å²) >= 11 is 0. The Labute approximate surface area is 179 Å². The topological polar surface area (TPSA) is 84.3 Å². The number of carbonyl (C=O) groups excluding carboxylic acids is 1. The van der Waals surface area contributed by atoms with Crippen LogP contribution in [-0.2, 0) is 4.79 Å². The summed E-state index contributed by atoms with van der Waals surface area (Å²) in [4.78, 5) is 24.3. The summed E-state index contributed by atoms with van der Waals surface area (Å²) in [5, 5.41) is 18.3. The summed E-state index contributed by atoms with van der Waals surface area (Å²) in [6, 6.07) is 24.2. The van der Waals surface area contributed by atoms with Crippen LogP contribution in [0.25, 0.3) is 0 Å². The molecule has 0 radical (unpaired) electrons. The molecule has 0 amide bonds. The van der Waals surface area contributed by atoms with Gasteiger partial charge in [0.05, 0.1) is 22.3 Å². The number of Topliss-reactive ketones (excluding diaryl/α,β-unsaturated/α-hetero) is 1. The van der Waals surface area contributed by atoms with Crippen molar-refractivity contribution < 1.29 is 9.72 Å². The van der Waals surface area contributed by atoms with E-state index in [2.05, 4.69) is 10.6 Å². The third kappa shape index (κ3) is 3.57. The van der Waals surface area contributed by atoms with Gasteiger partial charge in [-0.2, -0.15) is 0 Å². The van der Waals surface area contributed by atoms with Crippen LogP contribution >= 0.6 is 0 Å². The summed E-state index contributed by atoms with van der Waals surface area (Å²) in [7, 11) is 0. The molecule has 2 N–H and O–H groups in total. The molecule has 0 aromatic heterocycles. The Balaban J connectivity index is 1.59. The summed E-state index contributed by atoms with van der Waals surface area (Å²) in [6.45, 7) is 0. The molecule has 31 heavy (non-hydrogen) atoms. The van der Waals surface area contributed by atoms with Crippen LogP contribution in [0.4, 0.5) is 17.1 Å². The Kier molecular flexibility index (Phi) is 4.75. The maximum absolute atomic E-state index is 13.4. The quantitative estimate of drug-likeness (QED) is 0.434. The molecular formula is C25H21N3O3. The lowest BCUT2D eigenvalue weighted by Crippen LogP contribution is -2.26. The minimum atomic E-state index is -0.395. The molecule has 1 heterocycles. The normalized spacial score (nSPS) is 20.1. The van der Waals surface area contributed by atoms with Gasteiger partial charge in [-0.25, -0.2) is 0 Å². The Morgan fingerprint density at radius 1 is 0.839 bits per heavy atom. The number of ketones is 1. The zero-order valence-electron chi connectivity index (χ0n) is 16.7. The van der Waals surface area contributed by atoms with Gasteiger partial charge in [0.15, 0.2) is 5.78 Å². The molecule has 0 fully saturated rings. The maximum atomic E-state index is 13.4. The van der Waals surface area contributed by atoms with Crippen molar-refractivity contribution in [1.82, 2.24) is 0 Å². The fraction of sp³-hybridized carbons (Fsp3) is 0.160. The van der Waals surface area contributed by atoms with Gasteiger partial charge < -0.3 is 10.6 Å². The minimum Gasteiger partial charge on any atom is -0.372 e. The summed E-state index contributed by atoms with van der Waals surface area (Å²) in [5.74, 6) is -0.0558. The minimum absolute atomic E-state index is 0.0488. The second-order valence-corrected chi connectivity index (χ2v) is 7.93. The average molecular weight is 411 g/mol. The number of benzene rings is 3. The van der Waals surface area contributed by atoms with Gasteiger partial charge in [-0.15, -0.1) is 0 Å². The zero-order valence-corrected chi connectivity index (χ0v) is 16.7. The van der Waals surface area contributed by atoms with Gasteiger partial charge in [-0.3, -0.25) is 14.9 Å². The first-order valence-electron chi connectivity index (χ1n) is 10.3. The Hall–Kier alpha value is -3.93. The number of fused-ring (bicyclic) bond motifs is 1. The molecule has 1 aliphatic carbocycles. The van der Waals surface area contributed by atoms with E-state index in [9.17, 15) is 14.9 Å². The summed E-state index contributed by atoms with van der Waals surface area (Å²) < 4.78 is 0. The van der Waals surface area contributed by atoms with E-state index >= 15 is 0 Å². The van der Waals surface area contributed by atoms with Crippen LogP contribution in [0.3, 0.4) is 0 Å². The number of non-ortho nitro benzene ring substituents is 1. The average Bonchev–Trinajstić information content (AvgIpc) is 2.96. The molecule has 0 bridgehead atoms. The SMILES string of the molecule is O=C1C[C@H](c2cccc([N+](=O)[O-])c2)CC2=C1[C@H](c1ccccc1)Nc1ccccc1N2. The van der Waals surface area contributed by atoms with E-state index in [0.717, 1.165) is 33.8 Å². The molecule has 154 valence electrons. The molecule has 5 rings (SSSR count). The number of anilines is 2. The second-order valence-electron chi connectivity index (χ2n) is 7.93. The lowest BCUT2D eigenvalue weighted by molar-refractivity contribution is -0.384. The molecule has 2 atom stereocenters. The van der Waals surface area contributed by atoms with E-state index in [-0.39, 0.29) is 23.4 Å². The zero-order chi connectivity index (χ0) is 21.4. The molecule has 0 saturated carbocycles. The third-order valence-corrected chi connectivity index (χ3v) is 5.99. The monoisotopic (exact) mass is 411 g/mol. The van der Waals surface area contributed by atoms with Crippen molar-refractivity contribution in [1.29, 1.82) is 0 Å². The number of carbonyl (C=O) groups is 1. The highest BCUT2D eigenvalue weighted by Crippen LogP contribution is 2.44. The van der Waals surface area contributed by atoms with Crippen LogP contribution in [0.5, 0.6) is 0 Å². The highest BCUT2D eigenvalue weighted by Gasteiger charge is 2.36. The highest BCUT2D eigenvalue weighted by molar-refractivity contribution is 6.01. The lowest BCUT2D eigenvalue weighted by atomic mass is 9.78. The van der Waals surface area contributed by atoms with E-state index in [0.29, 0.717) is 12.8 Å². The molecule has 0 saturated heterocycles. The smallest absolute Gasteiger partial charge is 0.269 e. The van der Waals surface area contributed by atoms with Crippen LogP contribution in [0.2, 0.25) is 0 Å². The van der Waals surface area contributed by atoms with Crippen molar-refractivity contribution in [3.8, 4) is 0 Å². The fourth-order valence-electron chi connectivity index (χ4n) is 4.52. The van der Waals surface area contributed by atoms with Crippen molar-refractivity contribution in [3.05, 3.63) is 111 Å². The lowest BCUT2D eigenvalue weighted by Gasteiger charge is -2.29. The predicted molar refractivity (Wildman–Crippen MR) is 120 cm³/mol. The number of para-hydroxylation sites is 2. The Morgan fingerprint density at radius 2 is 1.55 bits per heavy atom. The van der Waals surface area contributed by atoms with Gasteiger partial charge in [-0.1, -0.05) is 54.6 Å². The van der Waals surface area contributed by atoms with Crippen LogP contribution in [0, 0.1) is 10.1 Å². The van der Waals surface area contributed by atoms with E-state index in [4.69, 9.17) is 0 Å². The number of hydrogen-bond donors (Lipinski definition) is 2. The van der Waals surface area contributed by atoms with E-state index < -0.39 is 4.92 Å². The molecule has 0 unspecified atom stereocenters. The van der Waals surface area contributed by atoms with E-state index in [1.54, 1.807) is 12.1 Å². The molecular weight excluding hydrogens is 390 g/mol. The van der Waals surface area contributed by atoms with Gasteiger partial charge >= 0.3 is 0 Å². The first kappa shape index (κ1) is 19.1. The number of nitrogens with zero attached hydrogens (tertiary/aromatic N) is 1. The number of nitro groups is 1. The molecule has 1 aliphatic heterocycles. The predicted octanol–water partition coefficient (Wildman–Crippen LogP) is 5.57. The highest BCUT2D eigenvalue weighted by atomic mass is 16.6. The van der Waals surface area contributed by atoms with Gasteiger partial charge in [0.2, 0.25) is 0 Å². The number of nitrogens with one attached hydrogen (secondary N) is 2. The second kappa shape index (κ2) is 7.72. The maximum Gasteiger partial charge on any atom is 0.269 e. The number of rotatable bonds is 3. The molecule has 6 nitrogen and oxygen atoms in total. The number of hydrogen-bond acceptors (Lipinski definition) is 5. The molecule has 0 spiro atoms. The first-order chi connectivity index (χ1) is 15.1. The van der Waals surface area contributed by atoms with Crippen LogP contribution in [0.15, 0.2) is 90.1 Å². The molecule has 6 heteroatoms. The van der Waals surface area contributed by atoms with E-state index in [1.807, 2.05) is 60.7 Å². The fourth-order valence-corrected chi connectivity index (χ4v) is 4.52. The van der Waals surface area contributed by atoms with E-state index in [1.165, 1.54) is 6.07 Å². The number of allylic oxidation sites excluding steroid dienone is 1. The van der Waals surface area contributed by atoms with Crippen molar-refractivity contribution in [2.24, 2.45) is 0 Å². The van der Waals surface area contributed by atoms with Gasteiger partial charge in [0.1, 0.15) is 0 Å². The summed E-state index contributed by atoms with van der Waals surface area (Å²) in [6.07, 6.45) is 0.935. The van der Waals surface area contributed by atoms with Crippen molar-refractivity contribution in [2.45, 2.75) is 24.8 Å². The van der Waals surface area contributed by atoms with Crippen molar-refractivity contribution in [3.63, 3.8) is 0 Å². The van der Waals surface area contributed by atoms with Crippen LogP contribution in [-0.4, -0.2) is 10.7 Å². The van der Waals surface area contributed by atoms with Crippen molar-refractivity contribution in [2.75, 3.05) is 10.6 Å². The number of nitro benzene ring substituents is 1. The Bertz CT molecular complexity index is 1200. The van der Waals surface area contributed by atoms with Crippen molar-refractivity contribution >= 4 is 22.8 Å². The van der Waals surface area contributed by atoms with Gasteiger partial charge in [-0.05, 0) is 35.6 Å². The van der Waals surface area contributed by atoms with Gasteiger partial charge in [0.25, 0.3) is 5.69 Å². The first-order valence-corrected chi connectivity index (χ1v) is 10.3. The third-order valence-electron chi connectivity index (χ3n) is 5.99. The standard InChI is InChI=1S/C25H21N3O3/c29-23-15-18(17-9-6-10-19(13-17)28(30)31)14-22-24(23)25(16-7-2-1-3-8-16)27-21-12-5-4-11-20(21)26-22/h1-13,18,25-27H,14-15H2/t18-,25+/m1/s1.